The van der Waals surface area contributed by atoms with Crippen molar-refractivity contribution in [1.29, 1.82) is 0 Å². The second-order valence-electron chi connectivity index (χ2n) is 7.05. The number of hydrogen-bond donors (Lipinski definition) is 1. The third-order valence-electron chi connectivity index (χ3n) is 5.07. The quantitative estimate of drug-likeness (QED) is 0.483. The van der Waals surface area contributed by atoms with Gasteiger partial charge in [-0.3, -0.25) is 9.48 Å². The number of alkyl halides is 3. The van der Waals surface area contributed by atoms with Crippen LogP contribution in [0.15, 0.2) is 36.8 Å². The second kappa shape index (κ2) is 7.15. The monoisotopic (exact) mass is 450 g/mol. The number of fused-ring (bicyclic) bond motifs is 2. The number of aromatic nitrogens is 5. The summed E-state index contributed by atoms with van der Waals surface area (Å²) in [6, 6.07) is 5.08. The maximum atomic E-state index is 14.2. The number of thiazole rings is 1. The molecule has 1 aliphatic rings. The normalized spacial score (nSPS) is 16.6. The molecule has 3 aromatic heterocycles. The van der Waals surface area contributed by atoms with E-state index >= 15 is 0 Å². The zero-order chi connectivity index (χ0) is 21.8. The van der Waals surface area contributed by atoms with E-state index in [1.165, 1.54) is 34.7 Å². The lowest BCUT2D eigenvalue weighted by Crippen LogP contribution is -2.42. The summed E-state index contributed by atoms with van der Waals surface area (Å²) in [4.78, 5) is 26.5. The standard InChI is InChI=1S/C19H14F4N6OS/c20-10-2-1-3-13-14(10)27-17(31-13)16-15-11(24-9-25-15)5-7-28(16)18(30)12-4-6-26-29(12)8-19(21,22)23/h1-4,6,9,16H,5,7-8H2,(H,24,25)/t16-/m0/s1. The summed E-state index contributed by atoms with van der Waals surface area (Å²) in [5, 5.41) is 4.09. The van der Waals surface area contributed by atoms with Gasteiger partial charge in [0, 0.05) is 24.9 Å². The Morgan fingerprint density at radius 1 is 1.29 bits per heavy atom. The molecule has 0 aliphatic carbocycles. The van der Waals surface area contributed by atoms with Gasteiger partial charge in [0.05, 0.1) is 16.7 Å². The number of carbonyl (C=O) groups excluding carboxylic acids is 1. The van der Waals surface area contributed by atoms with Gasteiger partial charge in [-0.1, -0.05) is 6.07 Å². The van der Waals surface area contributed by atoms with Crippen LogP contribution in [0.2, 0.25) is 0 Å². The molecule has 0 radical (unpaired) electrons. The fourth-order valence-electron chi connectivity index (χ4n) is 3.75. The Kier molecular flexibility index (Phi) is 4.54. The lowest BCUT2D eigenvalue weighted by atomic mass is 10.0. The topological polar surface area (TPSA) is 79.7 Å². The second-order valence-corrected chi connectivity index (χ2v) is 8.11. The Morgan fingerprint density at radius 2 is 2.13 bits per heavy atom. The molecule has 31 heavy (non-hydrogen) atoms. The number of amides is 1. The minimum Gasteiger partial charge on any atom is -0.348 e. The summed E-state index contributed by atoms with van der Waals surface area (Å²) >= 11 is 1.22. The molecule has 12 heteroatoms. The first-order valence-electron chi connectivity index (χ1n) is 9.28. The van der Waals surface area contributed by atoms with E-state index in [-0.39, 0.29) is 17.8 Å². The molecule has 1 N–H and O–H groups in total. The Balaban J connectivity index is 1.59. The van der Waals surface area contributed by atoms with Crippen LogP contribution in [0.1, 0.15) is 32.9 Å². The predicted octanol–water partition coefficient (Wildman–Crippen LogP) is 3.71. The lowest BCUT2D eigenvalue weighted by Gasteiger charge is -2.33. The number of nitrogens with zero attached hydrogens (tertiary/aromatic N) is 5. The SMILES string of the molecule is O=C(c1ccnn1CC(F)(F)F)N1CCc2[nH]cnc2[C@H]1c1nc2c(F)cccc2s1. The van der Waals surface area contributed by atoms with Crippen LogP contribution in [0.4, 0.5) is 17.6 Å². The highest BCUT2D eigenvalue weighted by atomic mass is 32.1. The molecule has 1 amide bonds. The van der Waals surface area contributed by atoms with Crippen molar-refractivity contribution in [2.45, 2.75) is 25.2 Å². The number of imidazole rings is 1. The van der Waals surface area contributed by atoms with Crippen molar-refractivity contribution >= 4 is 27.5 Å². The molecule has 1 aliphatic heterocycles. The Hall–Kier alpha value is -3.28. The van der Waals surface area contributed by atoms with Crippen LogP contribution in [-0.4, -0.2) is 48.3 Å². The highest BCUT2D eigenvalue weighted by Crippen LogP contribution is 2.38. The van der Waals surface area contributed by atoms with Crippen LogP contribution in [0, 0.1) is 5.82 Å². The maximum absolute atomic E-state index is 14.2. The van der Waals surface area contributed by atoms with Gasteiger partial charge >= 0.3 is 6.18 Å². The number of halogens is 4. The van der Waals surface area contributed by atoms with Crippen molar-refractivity contribution < 1.29 is 22.4 Å². The fraction of sp³-hybridized carbons (Fsp3) is 0.263. The minimum absolute atomic E-state index is 0.180. The number of aromatic amines is 1. The van der Waals surface area contributed by atoms with Gasteiger partial charge in [-0.2, -0.15) is 18.3 Å². The van der Waals surface area contributed by atoms with Crippen LogP contribution in [0.3, 0.4) is 0 Å². The molecule has 4 heterocycles. The summed E-state index contributed by atoms with van der Waals surface area (Å²) in [5.74, 6) is -1.11. The van der Waals surface area contributed by atoms with Gasteiger partial charge in [0.15, 0.2) is 0 Å². The smallest absolute Gasteiger partial charge is 0.348 e. The summed E-state index contributed by atoms with van der Waals surface area (Å²) < 4.78 is 54.2. The van der Waals surface area contributed by atoms with Gasteiger partial charge in [-0.25, -0.2) is 14.4 Å². The number of nitrogens with one attached hydrogen (secondary N) is 1. The Morgan fingerprint density at radius 3 is 2.90 bits per heavy atom. The highest BCUT2D eigenvalue weighted by Gasteiger charge is 2.38. The van der Waals surface area contributed by atoms with Crippen molar-refractivity contribution in [2.24, 2.45) is 0 Å². The number of hydrogen-bond acceptors (Lipinski definition) is 5. The molecule has 1 atom stereocenters. The molecular formula is C19H14F4N6OS. The van der Waals surface area contributed by atoms with Gasteiger partial charge in [0.1, 0.15) is 34.6 Å². The van der Waals surface area contributed by atoms with E-state index in [9.17, 15) is 22.4 Å². The molecule has 7 nitrogen and oxygen atoms in total. The van der Waals surface area contributed by atoms with Gasteiger partial charge < -0.3 is 9.88 Å². The third kappa shape index (κ3) is 3.46. The van der Waals surface area contributed by atoms with Crippen LogP contribution >= 0.6 is 11.3 Å². The zero-order valence-electron chi connectivity index (χ0n) is 15.7. The first-order chi connectivity index (χ1) is 14.8. The van der Waals surface area contributed by atoms with E-state index in [2.05, 4.69) is 20.1 Å². The van der Waals surface area contributed by atoms with E-state index in [4.69, 9.17) is 0 Å². The maximum Gasteiger partial charge on any atom is 0.408 e. The summed E-state index contributed by atoms with van der Waals surface area (Å²) in [7, 11) is 0. The largest absolute Gasteiger partial charge is 0.408 e. The van der Waals surface area contributed by atoms with Crippen LogP contribution in [-0.2, 0) is 13.0 Å². The zero-order valence-corrected chi connectivity index (χ0v) is 16.5. The van der Waals surface area contributed by atoms with Crippen LogP contribution in [0.25, 0.3) is 10.2 Å². The number of rotatable bonds is 3. The Bertz CT molecular complexity index is 1280. The van der Waals surface area contributed by atoms with E-state index < -0.39 is 30.5 Å². The van der Waals surface area contributed by atoms with Crippen LogP contribution < -0.4 is 0 Å². The van der Waals surface area contributed by atoms with E-state index in [1.807, 2.05) is 0 Å². The number of carbonyl (C=O) groups is 1. The van der Waals surface area contributed by atoms with Gasteiger partial charge in [-0.05, 0) is 18.2 Å². The van der Waals surface area contributed by atoms with Crippen molar-refractivity contribution in [3.63, 3.8) is 0 Å². The molecule has 5 rings (SSSR count). The van der Waals surface area contributed by atoms with Gasteiger partial charge in [0.25, 0.3) is 5.91 Å². The first kappa shape index (κ1) is 19.7. The first-order valence-corrected chi connectivity index (χ1v) is 10.1. The molecule has 160 valence electrons. The molecule has 4 aromatic rings. The molecule has 0 bridgehead atoms. The third-order valence-corrected chi connectivity index (χ3v) is 6.14. The fourth-order valence-corrected chi connectivity index (χ4v) is 4.85. The van der Waals surface area contributed by atoms with E-state index in [0.717, 1.165) is 11.9 Å². The number of benzene rings is 1. The average Bonchev–Trinajstić information content (AvgIpc) is 3.44. The van der Waals surface area contributed by atoms with Gasteiger partial charge in [0.2, 0.25) is 0 Å². The molecule has 0 saturated carbocycles. The predicted molar refractivity (Wildman–Crippen MR) is 103 cm³/mol. The summed E-state index contributed by atoms with van der Waals surface area (Å²) in [6.45, 7) is -1.14. The number of H-pyrrole nitrogens is 1. The Labute approximate surface area is 176 Å². The molecule has 1 aromatic carbocycles. The average molecular weight is 450 g/mol. The molecule has 0 unspecified atom stereocenters. The van der Waals surface area contributed by atoms with Crippen molar-refractivity contribution in [3.05, 3.63) is 64.7 Å². The van der Waals surface area contributed by atoms with Crippen molar-refractivity contribution in [1.82, 2.24) is 29.6 Å². The van der Waals surface area contributed by atoms with Crippen molar-refractivity contribution in [2.75, 3.05) is 6.54 Å². The van der Waals surface area contributed by atoms with Crippen LogP contribution in [0.5, 0.6) is 0 Å². The highest BCUT2D eigenvalue weighted by molar-refractivity contribution is 7.18. The molecular weight excluding hydrogens is 436 g/mol. The summed E-state index contributed by atoms with van der Waals surface area (Å²) in [5.41, 5.74) is 1.34. The molecule has 0 saturated heterocycles. The van der Waals surface area contributed by atoms with E-state index in [1.54, 1.807) is 12.1 Å². The van der Waals surface area contributed by atoms with Crippen molar-refractivity contribution in [3.8, 4) is 0 Å². The van der Waals surface area contributed by atoms with E-state index in [0.29, 0.717) is 26.5 Å². The number of para-hydroxylation sites is 1. The summed E-state index contributed by atoms with van der Waals surface area (Å²) in [6.07, 6.45) is -1.43. The molecule has 0 spiro atoms. The minimum atomic E-state index is -4.53. The lowest BCUT2D eigenvalue weighted by molar-refractivity contribution is -0.142. The molecule has 0 fully saturated rings. The van der Waals surface area contributed by atoms with Gasteiger partial charge in [-0.15, -0.1) is 11.3 Å².